The largest absolute Gasteiger partial charge is 0.478 e. The third-order valence-corrected chi connectivity index (χ3v) is 4.82. The summed E-state index contributed by atoms with van der Waals surface area (Å²) in [6.45, 7) is 0.927. The minimum Gasteiger partial charge on any atom is -0.478 e. The lowest BCUT2D eigenvalue weighted by Crippen LogP contribution is -2.51. The van der Waals surface area contributed by atoms with Crippen LogP contribution in [-0.2, 0) is 19.8 Å². The molecule has 152 valence electrons. The first-order valence-corrected chi connectivity index (χ1v) is 9.12. The first-order chi connectivity index (χ1) is 13.9. The van der Waals surface area contributed by atoms with Gasteiger partial charge < -0.3 is 20.8 Å². The average Bonchev–Trinajstić information content (AvgIpc) is 2.74. The molecule has 7 heteroatoms. The highest BCUT2D eigenvalue weighted by Gasteiger charge is 2.40. The van der Waals surface area contributed by atoms with Crippen LogP contribution < -0.4 is 5.73 Å². The number of nitrogens with two attached hydrogens (primary N) is 1. The molecule has 0 spiro atoms. The SMILES string of the molecule is NCN1CC(c2ccccc2)(c2ccccc2)CCC1=O.O=C(O)C=CC(=O)O. The van der Waals surface area contributed by atoms with Gasteiger partial charge in [-0.3, -0.25) is 4.79 Å². The summed E-state index contributed by atoms with van der Waals surface area (Å²) in [5.74, 6) is -2.36. The highest BCUT2D eigenvalue weighted by molar-refractivity contribution is 5.89. The van der Waals surface area contributed by atoms with Crippen molar-refractivity contribution >= 4 is 17.8 Å². The summed E-state index contributed by atoms with van der Waals surface area (Å²) in [6.07, 6.45) is 2.49. The molecular formula is C22H24N2O5. The molecule has 0 unspecified atom stereocenters. The lowest BCUT2D eigenvalue weighted by Gasteiger charge is -2.43. The first kappa shape index (κ1) is 21.8. The predicted molar refractivity (Wildman–Crippen MR) is 108 cm³/mol. The van der Waals surface area contributed by atoms with Gasteiger partial charge in [-0.15, -0.1) is 0 Å². The molecule has 2 aromatic carbocycles. The zero-order valence-electron chi connectivity index (χ0n) is 15.9. The Hall–Kier alpha value is -3.45. The number of hydrogen-bond donors (Lipinski definition) is 3. The minimum atomic E-state index is -1.26. The second-order valence-corrected chi connectivity index (χ2v) is 6.60. The van der Waals surface area contributed by atoms with Crippen molar-refractivity contribution in [1.82, 2.24) is 4.90 Å². The summed E-state index contributed by atoms with van der Waals surface area (Å²) in [4.78, 5) is 32.9. The van der Waals surface area contributed by atoms with Crippen molar-refractivity contribution in [2.75, 3.05) is 13.2 Å². The van der Waals surface area contributed by atoms with E-state index in [9.17, 15) is 14.4 Å². The van der Waals surface area contributed by atoms with Crippen LogP contribution in [0, 0.1) is 0 Å². The number of hydrogen-bond acceptors (Lipinski definition) is 4. The highest BCUT2D eigenvalue weighted by Crippen LogP contribution is 2.40. The molecule has 0 aliphatic carbocycles. The number of aliphatic carboxylic acids is 2. The molecule has 1 fully saturated rings. The Morgan fingerprint density at radius 1 is 0.931 bits per heavy atom. The average molecular weight is 396 g/mol. The van der Waals surface area contributed by atoms with Gasteiger partial charge in [0.15, 0.2) is 0 Å². The van der Waals surface area contributed by atoms with Crippen LogP contribution in [0.15, 0.2) is 72.8 Å². The van der Waals surface area contributed by atoms with Crippen molar-refractivity contribution in [3.63, 3.8) is 0 Å². The molecule has 0 saturated carbocycles. The Morgan fingerprint density at radius 3 is 1.76 bits per heavy atom. The van der Waals surface area contributed by atoms with Gasteiger partial charge in [0, 0.05) is 30.5 Å². The van der Waals surface area contributed by atoms with E-state index >= 15 is 0 Å². The maximum Gasteiger partial charge on any atom is 0.328 e. The van der Waals surface area contributed by atoms with Gasteiger partial charge in [0.25, 0.3) is 0 Å². The number of benzene rings is 2. The number of carboxylic acid groups (broad SMARTS) is 2. The number of carbonyl (C=O) groups excluding carboxylic acids is 1. The predicted octanol–water partition coefficient (Wildman–Crippen LogP) is 2.22. The summed E-state index contributed by atoms with van der Waals surface area (Å²) < 4.78 is 0. The molecule has 0 atom stereocenters. The van der Waals surface area contributed by atoms with Crippen LogP contribution in [0.5, 0.6) is 0 Å². The van der Waals surface area contributed by atoms with Crippen molar-refractivity contribution in [2.45, 2.75) is 18.3 Å². The monoisotopic (exact) mass is 396 g/mol. The van der Waals surface area contributed by atoms with E-state index in [1.165, 1.54) is 11.1 Å². The number of rotatable bonds is 5. The van der Waals surface area contributed by atoms with Crippen molar-refractivity contribution < 1.29 is 24.6 Å². The molecule has 0 aromatic heterocycles. The van der Waals surface area contributed by atoms with Gasteiger partial charge in [0.05, 0.1) is 6.67 Å². The first-order valence-electron chi connectivity index (χ1n) is 9.12. The molecular weight excluding hydrogens is 372 g/mol. The third-order valence-electron chi connectivity index (χ3n) is 4.82. The maximum absolute atomic E-state index is 12.0. The Bertz CT molecular complexity index is 810. The standard InChI is InChI=1S/C18H20N2O.C4H4O4/c19-14-20-13-18(12-11-17(20)21,15-7-3-1-4-8-15)16-9-5-2-6-10-16;5-3(6)1-2-4(7)8/h1-10H,11-14,19H2;1-2H,(H,5,6)(H,7,8). The van der Waals surface area contributed by atoms with Crippen molar-refractivity contribution in [3.8, 4) is 0 Å². The molecule has 1 aliphatic rings. The molecule has 0 radical (unpaired) electrons. The van der Waals surface area contributed by atoms with Crippen LogP contribution >= 0.6 is 0 Å². The number of nitrogens with zero attached hydrogens (tertiary/aromatic N) is 1. The van der Waals surface area contributed by atoms with Crippen molar-refractivity contribution in [2.24, 2.45) is 5.73 Å². The lowest BCUT2D eigenvalue weighted by atomic mass is 9.69. The van der Waals surface area contributed by atoms with Gasteiger partial charge in [-0.25, -0.2) is 9.59 Å². The molecule has 4 N–H and O–H groups in total. The molecule has 0 bridgehead atoms. The fourth-order valence-corrected chi connectivity index (χ4v) is 3.43. The van der Waals surface area contributed by atoms with Crippen LogP contribution in [-0.4, -0.2) is 46.2 Å². The summed E-state index contributed by atoms with van der Waals surface area (Å²) in [7, 11) is 0. The molecule has 1 aliphatic heterocycles. The number of amides is 1. The summed E-state index contributed by atoms with van der Waals surface area (Å²) in [5, 5.41) is 15.6. The fourth-order valence-electron chi connectivity index (χ4n) is 3.43. The van der Waals surface area contributed by atoms with E-state index in [4.69, 9.17) is 15.9 Å². The number of carboxylic acids is 2. The van der Waals surface area contributed by atoms with Gasteiger partial charge in [-0.05, 0) is 17.5 Å². The third kappa shape index (κ3) is 5.76. The van der Waals surface area contributed by atoms with Crippen LogP contribution in [0.2, 0.25) is 0 Å². The number of piperidine rings is 1. The zero-order chi connectivity index (χ0) is 21.3. The fraction of sp³-hybridized carbons (Fsp3) is 0.227. The van der Waals surface area contributed by atoms with E-state index in [1.807, 2.05) is 12.1 Å². The molecule has 2 aromatic rings. The topological polar surface area (TPSA) is 121 Å². The van der Waals surface area contributed by atoms with Crippen LogP contribution in [0.25, 0.3) is 0 Å². The highest BCUT2D eigenvalue weighted by atomic mass is 16.4. The Labute approximate surface area is 169 Å². The molecule has 7 nitrogen and oxygen atoms in total. The number of carbonyl (C=O) groups is 3. The van der Waals surface area contributed by atoms with E-state index in [2.05, 4.69) is 48.5 Å². The summed E-state index contributed by atoms with van der Waals surface area (Å²) in [5.41, 5.74) is 8.12. The molecule has 3 rings (SSSR count). The number of likely N-dealkylation sites (tertiary alicyclic amines) is 1. The van der Waals surface area contributed by atoms with E-state index in [1.54, 1.807) is 4.90 Å². The van der Waals surface area contributed by atoms with Crippen molar-refractivity contribution in [1.29, 1.82) is 0 Å². The molecule has 1 saturated heterocycles. The minimum absolute atomic E-state index is 0.153. The summed E-state index contributed by atoms with van der Waals surface area (Å²) in [6, 6.07) is 20.9. The Morgan fingerprint density at radius 2 is 1.38 bits per heavy atom. The van der Waals surface area contributed by atoms with Crippen LogP contribution in [0.4, 0.5) is 0 Å². The lowest BCUT2D eigenvalue weighted by molar-refractivity contribution is -0.135. The Balaban J connectivity index is 0.000000321. The smallest absolute Gasteiger partial charge is 0.328 e. The zero-order valence-corrected chi connectivity index (χ0v) is 15.9. The van der Waals surface area contributed by atoms with E-state index in [0.717, 1.165) is 6.42 Å². The summed E-state index contributed by atoms with van der Waals surface area (Å²) >= 11 is 0. The van der Waals surface area contributed by atoms with Gasteiger partial charge >= 0.3 is 11.9 Å². The molecule has 1 amide bonds. The van der Waals surface area contributed by atoms with Crippen LogP contribution in [0.1, 0.15) is 24.0 Å². The van der Waals surface area contributed by atoms with Gasteiger partial charge in [0.2, 0.25) is 5.91 Å². The van der Waals surface area contributed by atoms with E-state index in [-0.39, 0.29) is 18.0 Å². The second-order valence-electron chi connectivity index (χ2n) is 6.60. The molecule has 29 heavy (non-hydrogen) atoms. The van der Waals surface area contributed by atoms with Gasteiger partial charge in [-0.2, -0.15) is 0 Å². The Kier molecular flexibility index (Phi) is 7.68. The van der Waals surface area contributed by atoms with Gasteiger partial charge in [0.1, 0.15) is 0 Å². The van der Waals surface area contributed by atoms with E-state index < -0.39 is 11.9 Å². The van der Waals surface area contributed by atoms with E-state index in [0.29, 0.717) is 25.1 Å². The van der Waals surface area contributed by atoms with Crippen molar-refractivity contribution in [3.05, 3.63) is 83.9 Å². The van der Waals surface area contributed by atoms with Gasteiger partial charge in [-0.1, -0.05) is 60.7 Å². The molecule has 1 heterocycles. The quantitative estimate of drug-likeness (QED) is 0.667. The van der Waals surface area contributed by atoms with Crippen LogP contribution in [0.3, 0.4) is 0 Å². The maximum atomic E-state index is 12.0. The normalized spacial score (nSPS) is 15.5. The second kappa shape index (κ2) is 10.2.